The van der Waals surface area contributed by atoms with E-state index in [1.807, 2.05) is 31.2 Å². The van der Waals surface area contributed by atoms with Crippen molar-refractivity contribution in [3.63, 3.8) is 0 Å². The Morgan fingerprint density at radius 2 is 1.76 bits per heavy atom. The lowest BCUT2D eigenvalue weighted by Crippen LogP contribution is -2.45. The summed E-state index contributed by atoms with van der Waals surface area (Å²) in [5.41, 5.74) is 2.76. The van der Waals surface area contributed by atoms with Crippen molar-refractivity contribution in [2.24, 2.45) is 5.92 Å². The molecule has 1 aromatic heterocycles. The number of hydrogen-bond donors (Lipinski definition) is 2. The fourth-order valence-corrected chi connectivity index (χ4v) is 4.50. The summed E-state index contributed by atoms with van der Waals surface area (Å²) >= 11 is 6.79. The number of aryl methyl sites for hydroxylation is 1. The third-order valence-electron chi connectivity index (χ3n) is 5.57. The van der Waals surface area contributed by atoms with Crippen molar-refractivity contribution in [1.82, 2.24) is 20.4 Å². The zero-order valence-electron chi connectivity index (χ0n) is 18.6. The molecule has 10 heteroatoms. The monoisotopic (exact) mass is 497 g/mol. The van der Waals surface area contributed by atoms with Crippen LogP contribution in [0.2, 0.25) is 5.02 Å². The van der Waals surface area contributed by atoms with Gasteiger partial charge in [0.25, 0.3) is 11.8 Å². The van der Waals surface area contributed by atoms with E-state index in [9.17, 15) is 14.4 Å². The van der Waals surface area contributed by atoms with Gasteiger partial charge in [0, 0.05) is 30.3 Å². The lowest BCUT2D eigenvalue weighted by atomic mass is 9.97. The lowest BCUT2D eigenvalue weighted by Gasteiger charge is -2.31. The van der Waals surface area contributed by atoms with Gasteiger partial charge in [-0.15, -0.1) is 10.2 Å². The van der Waals surface area contributed by atoms with Crippen LogP contribution in [0.1, 0.15) is 43.6 Å². The van der Waals surface area contributed by atoms with Crippen LogP contribution in [-0.4, -0.2) is 45.9 Å². The molecule has 1 saturated heterocycles. The molecule has 0 saturated carbocycles. The number of hydrogen-bond acceptors (Lipinski definition) is 6. The number of rotatable bonds is 6. The van der Waals surface area contributed by atoms with E-state index in [1.54, 1.807) is 29.2 Å². The molecule has 1 aliphatic heterocycles. The molecule has 0 radical (unpaired) electrons. The van der Waals surface area contributed by atoms with Crippen LogP contribution in [0.5, 0.6) is 0 Å². The number of anilines is 1. The van der Waals surface area contributed by atoms with Crippen molar-refractivity contribution in [2.75, 3.05) is 18.4 Å². The normalized spacial score (nSPS) is 15.6. The molecule has 1 atom stereocenters. The number of carbonyl (C=O) groups is 3. The van der Waals surface area contributed by atoms with Gasteiger partial charge >= 0.3 is 0 Å². The van der Waals surface area contributed by atoms with Crippen molar-refractivity contribution in [3.05, 3.63) is 74.7 Å². The highest BCUT2D eigenvalue weighted by Gasteiger charge is 2.30. The molecular formula is C24H24ClN5O3S. The maximum atomic E-state index is 13.0. The van der Waals surface area contributed by atoms with E-state index in [2.05, 4.69) is 20.8 Å². The first-order valence-electron chi connectivity index (χ1n) is 10.9. The van der Waals surface area contributed by atoms with Gasteiger partial charge in [0.05, 0.1) is 5.92 Å². The standard InChI is InChI=1S/C24H24ClN5O3S/c1-15-4-6-16(7-5-15)13-26-20(31)17-3-2-12-30(14-17)24(33)23-29-28-22(34-23)21(32)27-19-10-8-18(25)9-11-19/h4-11,17H,2-3,12-14H2,1H3,(H,26,31)(H,27,32)/t17-/m0/s1. The third-order valence-corrected chi connectivity index (χ3v) is 6.73. The number of piperidine rings is 1. The molecule has 4 rings (SSSR count). The molecule has 0 aliphatic carbocycles. The maximum Gasteiger partial charge on any atom is 0.286 e. The number of likely N-dealkylation sites (tertiary alicyclic amines) is 1. The molecule has 0 unspecified atom stereocenters. The zero-order valence-corrected chi connectivity index (χ0v) is 20.2. The molecule has 8 nitrogen and oxygen atoms in total. The summed E-state index contributed by atoms with van der Waals surface area (Å²) in [7, 11) is 0. The molecule has 1 aliphatic rings. The summed E-state index contributed by atoms with van der Waals surface area (Å²) in [5.74, 6) is -1.13. The zero-order chi connectivity index (χ0) is 24.1. The highest BCUT2D eigenvalue weighted by molar-refractivity contribution is 7.15. The Balaban J connectivity index is 1.33. The predicted octanol–water partition coefficient (Wildman–Crippen LogP) is 3.92. The fourth-order valence-electron chi connectivity index (χ4n) is 3.67. The van der Waals surface area contributed by atoms with Gasteiger partial charge in [0.1, 0.15) is 0 Å². The molecule has 1 fully saturated rings. The number of nitrogens with one attached hydrogen (secondary N) is 2. The number of carbonyl (C=O) groups excluding carboxylic acids is 3. The van der Waals surface area contributed by atoms with E-state index < -0.39 is 5.91 Å². The fraction of sp³-hybridized carbons (Fsp3) is 0.292. The molecule has 3 amide bonds. The second kappa shape index (κ2) is 10.8. The van der Waals surface area contributed by atoms with Crippen LogP contribution < -0.4 is 10.6 Å². The minimum Gasteiger partial charge on any atom is -0.352 e. The van der Waals surface area contributed by atoms with E-state index in [0.717, 1.165) is 23.3 Å². The summed E-state index contributed by atoms with van der Waals surface area (Å²) in [4.78, 5) is 39.7. The van der Waals surface area contributed by atoms with Crippen molar-refractivity contribution >= 4 is 46.3 Å². The Hall–Kier alpha value is -3.30. The van der Waals surface area contributed by atoms with Crippen LogP contribution in [0.4, 0.5) is 5.69 Å². The minimum atomic E-state index is -0.453. The van der Waals surface area contributed by atoms with Crippen molar-refractivity contribution in [3.8, 4) is 0 Å². The largest absolute Gasteiger partial charge is 0.352 e. The Morgan fingerprint density at radius 3 is 2.50 bits per heavy atom. The van der Waals surface area contributed by atoms with Crippen LogP contribution in [0.25, 0.3) is 0 Å². The number of halogens is 1. The number of amides is 3. The number of aromatic nitrogens is 2. The minimum absolute atomic E-state index is 0.0710. The summed E-state index contributed by atoms with van der Waals surface area (Å²) in [6, 6.07) is 14.7. The van der Waals surface area contributed by atoms with Gasteiger partial charge in [-0.2, -0.15) is 0 Å². The Bertz CT molecular complexity index is 1180. The predicted molar refractivity (Wildman–Crippen MR) is 131 cm³/mol. The van der Waals surface area contributed by atoms with E-state index in [4.69, 9.17) is 11.6 Å². The molecule has 2 N–H and O–H groups in total. The second-order valence-corrected chi connectivity index (χ2v) is 9.58. The number of nitrogens with zero attached hydrogens (tertiary/aromatic N) is 3. The first-order valence-corrected chi connectivity index (χ1v) is 12.1. The topological polar surface area (TPSA) is 104 Å². The van der Waals surface area contributed by atoms with Crippen LogP contribution in [0.15, 0.2) is 48.5 Å². The van der Waals surface area contributed by atoms with Crippen LogP contribution >= 0.6 is 22.9 Å². The van der Waals surface area contributed by atoms with E-state index in [-0.39, 0.29) is 27.7 Å². The van der Waals surface area contributed by atoms with Gasteiger partial charge in [-0.05, 0) is 49.6 Å². The summed E-state index contributed by atoms with van der Waals surface area (Å²) in [6.07, 6.45) is 1.44. The molecule has 2 heterocycles. The molecule has 34 heavy (non-hydrogen) atoms. The highest BCUT2D eigenvalue weighted by atomic mass is 35.5. The Morgan fingerprint density at radius 1 is 1.06 bits per heavy atom. The van der Waals surface area contributed by atoms with Crippen molar-refractivity contribution in [1.29, 1.82) is 0 Å². The van der Waals surface area contributed by atoms with Crippen molar-refractivity contribution < 1.29 is 14.4 Å². The Labute approximate surface area is 206 Å². The van der Waals surface area contributed by atoms with Gasteiger partial charge in [-0.1, -0.05) is 52.8 Å². The van der Waals surface area contributed by atoms with Gasteiger partial charge in [-0.25, -0.2) is 0 Å². The van der Waals surface area contributed by atoms with Crippen LogP contribution in [0.3, 0.4) is 0 Å². The summed E-state index contributed by atoms with van der Waals surface area (Å²) in [6.45, 7) is 3.31. The highest BCUT2D eigenvalue weighted by Crippen LogP contribution is 2.21. The molecule has 3 aromatic rings. The molecular weight excluding hydrogens is 474 g/mol. The Kier molecular flexibility index (Phi) is 7.54. The second-order valence-electron chi connectivity index (χ2n) is 8.17. The first-order chi connectivity index (χ1) is 16.4. The average Bonchev–Trinajstić information content (AvgIpc) is 3.35. The molecule has 2 aromatic carbocycles. The van der Waals surface area contributed by atoms with E-state index in [0.29, 0.717) is 36.8 Å². The van der Waals surface area contributed by atoms with Gasteiger partial charge in [0.2, 0.25) is 15.9 Å². The van der Waals surface area contributed by atoms with Crippen LogP contribution in [-0.2, 0) is 11.3 Å². The summed E-state index contributed by atoms with van der Waals surface area (Å²) < 4.78 is 0. The molecule has 176 valence electrons. The quantitative estimate of drug-likeness (QED) is 0.537. The first kappa shape index (κ1) is 23.8. The SMILES string of the molecule is Cc1ccc(CNC(=O)[C@H]2CCCN(C(=O)c3nnc(C(=O)Nc4ccc(Cl)cc4)s3)C2)cc1. The third kappa shape index (κ3) is 5.98. The lowest BCUT2D eigenvalue weighted by molar-refractivity contribution is -0.126. The molecule has 0 bridgehead atoms. The average molecular weight is 498 g/mol. The van der Waals surface area contributed by atoms with Crippen molar-refractivity contribution in [2.45, 2.75) is 26.3 Å². The summed E-state index contributed by atoms with van der Waals surface area (Å²) in [5, 5.41) is 14.2. The molecule has 0 spiro atoms. The van der Waals surface area contributed by atoms with Gasteiger partial charge < -0.3 is 15.5 Å². The maximum absolute atomic E-state index is 13.0. The van der Waals surface area contributed by atoms with Gasteiger partial charge in [0.15, 0.2) is 0 Å². The number of benzene rings is 2. The van der Waals surface area contributed by atoms with E-state index in [1.165, 1.54) is 5.56 Å². The smallest absolute Gasteiger partial charge is 0.286 e. The van der Waals surface area contributed by atoms with E-state index >= 15 is 0 Å². The van der Waals surface area contributed by atoms with Gasteiger partial charge in [-0.3, -0.25) is 14.4 Å². The van der Waals surface area contributed by atoms with Crippen LogP contribution in [0, 0.1) is 12.8 Å².